The second-order valence-electron chi connectivity index (χ2n) is 5.46. The topological polar surface area (TPSA) is 52.6 Å². The van der Waals surface area contributed by atoms with Crippen LogP contribution in [0.25, 0.3) is 0 Å². The minimum Gasteiger partial charge on any atom is -0.507 e. The van der Waals surface area contributed by atoms with Crippen LogP contribution in [0.3, 0.4) is 0 Å². The maximum absolute atomic E-state index is 10.7. The first kappa shape index (κ1) is 11.5. The van der Waals surface area contributed by atoms with Crippen molar-refractivity contribution in [1.82, 2.24) is 5.32 Å². The quantitative estimate of drug-likeness (QED) is 0.774. The summed E-state index contributed by atoms with van der Waals surface area (Å²) < 4.78 is 0. The smallest absolute Gasteiger partial charge is 0.153 e. The van der Waals surface area contributed by atoms with E-state index in [0.29, 0.717) is 17.3 Å². The Hall–Kier alpha value is -1.55. The highest BCUT2D eigenvalue weighted by Gasteiger charge is 2.40. The molecule has 2 aliphatic heterocycles. The van der Waals surface area contributed by atoms with E-state index in [2.05, 4.69) is 10.2 Å². The van der Waals surface area contributed by atoms with Gasteiger partial charge in [-0.25, -0.2) is 0 Å². The number of hydrogen-bond acceptors (Lipinski definition) is 4. The van der Waals surface area contributed by atoms with Gasteiger partial charge in [-0.3, -0.25) is 4.79 Å². The van der Waals surface area contributed by atoms with Crippen LogP contribution in [-0.4, -0.2) is 37.6 Å². The summed E-state index contributed by atoms with van der Waals surface area (Å²) in [4.78, 5) is 13.0. The Kier molecular flexibility index (Phi) is 2.74. The van der Waals surface area contributed by atoms with Crippen LogP contribution in [0.4, 0.5) is 5.69 Å². The number of aromatic hydroxyl groups is 1. The molecule has 0 aromatic heterocycles. The molecule has 96 valence electrons. The van der Waals surface area contributed by atoms with Gasteiger partial charge in [0.25, 0.3) is 0 Å². The number of rotatable bonds is 2. The van der Waals surface area contributed by atoms with Gasteiger partial charge in [0.2, 0.25) is 0 Å². The molecule has 2 N–H and O–H groups in total. The van der Waals surface area contributed by atoms with Crippen molar-refractivity contribution in [2.45, 2.75) is 12.8 Å². The molecule has 0 bridgehead atoms. The lowest BCUT2D eigenvalue weighted by atomic mass is 9.86. The lowest BCUT2D eigenvalue weighted by Crippen LogP contribution is -2.29. The van der Waals surface area contributed by atoms with E-state index in [9.17, 15) is 9.90 Å². The molecule has 0 unspecified atom stereocenters. The van der Waals surface area contributed by atoms with E-state index in [-0.39, 0.29) is 5.75 Å². The predicted molar refractivity (Wildman–Crippen MR) is 70.2 cm³/mol. The average Bonchev–Trinajstić information content (AvgIpc) is 3.00. The first-order chi connectivity index (χ1) is 8.72. The van der Waals surface area contributed by atoms with E-state index in [0.717, 1.165) is 31.9 Å². The first-order valence-electron chi connectivity index (χ1n) is 6.46. The number of anilines is 1. The van der Waals surface area contributed by atoms with Gasteiger partial charge >= 0.3 is 0 Å². The van der Waals surface area contributed by atoms with E-state index in [1.54, 1.807) is 12.1 Å². The van der Waals surface area contributed by atoms with E-state index in [1.807, 2.05) is 6.07 Å². The highest BCUT2D eigenvalue weighted by molar-refractivity contribution is 5.80. The Morgan fingerprint density at radius 1 is 1.39 bits per heavy atom. The lowest BCUT2D eigenvalue weighted by molar-refractivity contribution is 0.112. The second kappa shape index (κ2) is 4.28. The molecular formula is C14H18N2O2. The van der Waals surface area contributed by atoms with Crippen molar-refractivity contribution in [3.63, 3.8) is 0 Å². The number of phenolic OH excluding ortho intramolecular Hbond substituents is 1. The summed E-state index contributed by atoms with van der Waals surface area (Å²) in [6.07, 6.45) is 3.13. The van der Waals surface area contributed by atoms with Crippen molar-refractivity contribution in [1.29, 1.82) is 0 Å². The number of aldehydes is 1. The van der Waals surface area contributed by atoms with Gasteiger partial charge in [-0.15, -0.1) is 0 Å². The Morgan fingerprint density at radius 3 is 2.94 bits per heavy atom. The van der Waals surface area contributed by atoms with Crippen LogP contribution >= 0.6 is 0 Å². The zero-order chi connectivity index (χ0) is 12.6. The number of carbonyl (C=O) groups is 1. The molecule has 4 heteroatoms. The fourth-order valence-corrected chi connectivity index (χ4v) is 3.13. The third-order valence-corrected chi connectivity index (χ3v) is 4.28. The summed E-state index contributed by atoms with van der Waals surface area (Å²) >= 11 is 0. The average molecular weight is 246 g/mol. The zero-order valence-electron chi connectivity index (χ0n) is 10.4. The minimum absolute atomic E-state index is 0.0768. The minimum atomic E-state index is 0.0768. The van der Waals surface area contributed by atoms with Crippen LogP contribution in [0.2, 0.25) is 0 Å². The molecule has 2 aliphatic rings. The summed E-state index contributed by atoms with van der Waals surface area (Å²) in [6, 6.07) is 5.31. The Morgan fingerprint density at radius 2 is 2.28 bits per heavy atom. The number of benzene rings is 1. The van der Waals surface area contributed by atoms with Crippen LogP contribution in [-0.2, 0) is 0 Å². The molecule has 2 fully saturated rings. The Labute approximate surface area is 107 Å². The van der Waals surface area contributed by atoms with E-state index >= 15 is 0 Å². The summed E-state index contributed by atoms with van der Waals surface area (Å²) in [5.74, 6) is 0.0768. The summed E-state index contributed by atoms with van der Waals surface area (Å²) in [5, 5.41) is 13.2. The summed E-state index contributed by atoms with van der Waals surface area (Å²) in [7, 11) is 0. The number of nitrogens with one attached hydrogen (secondary N) is 1. The van der Waals surface area contributed by atoms with Crippen LogP contribution in [0.1, 0.15) is 23.2 Å². The van der Waals surface area contributed by atoms with Gasteiger partial charge < -0.3 is 15.3 Å². The second-order valence-corrected chi connectivity index (χ2v) is 5.46. The predicted octanol–water partition coefficient (Wildman–Crippen LogP) is 1.39. The molecule has 18 heavy (non-hydrogen) atoms. The monoisotopic (exact) mass is 246 g/mol. The van der Waals surface area contributed by atoms with Crippen molar-refractivity contribution in [3.05, 3.63) is 23.8 Å². The van der Waals surface area contributed by atoms with Gasteiger partial charge in [0.15, 0.2) is 6.29 Å². The van der Waals surface area contributed by atoms with E-state index in [4.69, 9.17) is 0 Å². The van der Waals surface area contributed by atoms with Crippen molar-refractivity contribution in [2.24, 2.45) is 5.41 Å². The first-order valence-corrected chi connectivity index (χ1v) is 6.46. The third kappa shape index (κ3) is 1.86. The van der Waals surface area contributed by atoms with Crippen molar-refractivity contribution < 1.29 is 9.90 Å². The van der Waals surface area contributed by atoms with Gasteiger partial charge in [0, 0.05) is 36.8 Å². The van der Waals surface area contributed by atoms with Gasteiger partial charge in [-0.1, -0.05) is 0 Å². The molecule has 2 saturated heterocycles. The SMILES string of the molecule is O=Cc1ccc(N2CC[C@]3(CCNC3)C2)cc1O. The standard InChI is InChI=1S/C14H18N2O2/c17-8-11-1-2-12(7-13(11)18)16-6-4-14(10-16)3-5-15-9-14/h1-2,7-8,15,18H,3-6,9-10H2/t14-/m0/s1. The Bertz CT molecular complexity index is 467. The van der Waals surface area contributed by atoms with Crippen molar-refractivity contribution in [3.8, 4) is 5.75 Å². The number of nitrogens with zero attached hydrogens (tertiary/aromatic N) is 1. The molecular weight excluding hydrogens is 228 g/mol. The molecule has 1 aromatic carbocycles. The molecule has 0 amide bonds. The van der Waals surface area contributed by atoms with E-state index < -0.39 is 0 Å². The van der Waals surface area contributed by atoms with Gasteiger partial charge in [-0.2, -0.15) is 0 Å². The lowest BCUT2D eigenvalue weighted by Gasteiger charge is -2.24. The van der Waals surface area contributed by atoms with E-state index in [1.165, 1.54) is 12.8 Å². The summed E-state index contributed by atoms with van der Waals surface area (Å²) in [5.41, 5.74) is 1.79. The fourth-order valence-electron chi connectivity index (χ4n) is 3.13. The molecule has 4 nitrogen and oxygen atoms in total. The van der Waals surface area contributed by atoms with Crippen molar-refractivity contribution in [2.75, 3.05) is 31.1 Å². The Balaban J connectivity index is 1.80. The normalized spacial score (nSPS) is 27.0. The molecule has 3 rings (SSSR count). The molecule has 0 radical (unpaired) electrons. The van der Waals surface area contributed by atoms with Gasteiger partial charge in [-0.05, 0) is 31.5 Å². The van der Waals surface area contributed by atoms with Gasteiger partial charge in [0.05, 0.1) is 5.56 Å². The third-order valence-electron chi connectivity index (χ3n) is 4.28. The van der Waals surface area contributed by atoms with Crippen LogP contribution in [0, 0.1) is 5.41 Å². The zero-order valence-corrected chi connectivity index (χ0v) is 10.4. The maximum atomic E-state index is 10.7. The van der Waals surface area contributed by atoms with Crippen molar-refractivity contribution >= 4 is 12.0 Å². The highest BCUT2D eigenvalue weighted by atomic mass is 16.3. The van der Waals surface area contributed by atoms with Gasteiger partial charge in [0.1, 0.15) is 5.75 Å². The van der Waals surface area contributed by atoms with Crippen LogP contribution < -0.4 is 10.2 Å². The largest absolute Gasteiger partial charge is 0.507 e. The molecule has 1 aromatic rings. The number of carbonyl (C=O) groups excluding carboxylic acids is 1. The van der Waals surface area contributed by atoms with Crippen LogP contribution in [0.5, 0.6) is 5.75 Å². The molecule has 0 saturated carbocycles. The summed E-state index contributed by atoms with van der Waals surface area (Å²) in [6.45, 7) is 4.28. The molecule has 1 spiro atoms. The molecule has 2 heterocycles. The van der Waals surface area contributed by atoms with Crippen LogP contribution in [0.15, 0.2) is 18.2 Å². The number of phenols is 1. The highest BCUT2D eigenvalue weighted by Crippen LogP contribution is 2.38. The molecule has 0 aliphatic carbocycles. The maximum Gasteiger partial charge on any atom is 0.153 e. The number of hydrogen-bond donors (Lipinski definition) is 2. The molecule has 1 atom stereocenters. The fraction of sp³-hybridized carbons (Fsp3) is 0.500.